The van der Waals surface area contributed by atoms with Gasteiger partial charge >= 0.3 is 6.03 Å². The third-order valence-corrected chi connectivity index (χ3v) is 2.95. The van der Waals surface area contributed by atoms with Crippen molar-refractivity contribution in [3.05, 3.63) is 0 Å². The van der Waals surface area contributed by atoms with Crippen molar-refractivity contribution in [2.45, 2.75) is 39.5 Å². The minimum atomic E-state index is -0.714. The summed E-state index contributed by atoms with van der Waals surface area (Å²) in [5, 5.41) is 4.24. The SMILES string of the molecule is CCCC(CC)CC1C(=O)NC(=O)NC1=O. The van der Waals surface area contributed by atoms with Gasteiger partial charge < -0.3 is 0 Å². The Labute approximate surface area is 95.0 Å². The van der Waals surface area contributed by atoms with Crippen LogP contribution in [-0.4, -0.2) is 17.8 Å². The van der Waals surface area contributed by atoms with E-state index < -0.39 is 23.8 Å². The van der Waals surface area contributed by atoms with Gasteiger partial charge in [0.15, 0.2) is 0 Å². The fourth-order valence-corrected chi connectivity index (χ4v) is 1.99. The van der Waals surface area contributed by atoms with Crippen molar-refractivity contribution < 1.29 is 14.4 Å². The monoisotopic (exact) mass is 226 g/mol. The molecule has 0 aromatic heterocycles. The fourth-order valence-electron chi connectivity index (χ4n) is 1.99. The van der Waals surface area contributed by atoms with Gasteiger partial charge in [0.2, 0.25) is 11.8 Å². The quantitative estimate of drug-likeness (QED) is 0.691. The number of carbonyl (C=O) groups excluding carboxylic acids is 3. The van der Waals surface area contributed by atoms with Crippen LogP contribution in [0.2, 0.25) is 0 Å². The highest BCUT2D eigenvalue weighted by Crippen LogP contribution is 2.22. The maximum Gasteiger partial charge on any atom is 0.328 e. The molecular weight excluding hydrogens is 208 g/mol. The predicted octanol–water partition coefficient (Wildman–Crippen LogP) is 1.18. The van der Waals surface area contributed by atoms with Gasteiger partial charge in [-0.25, -0.2) is 4.79 Å². The molecule has 16 heavy (non-hydrogen) atoms. The van der Waals surface area contributed by atoms with Crippen LogP contribution < -0.4 is 10.6 Å². The van der Waals surface area contributed by atoms with E-state index in [4.69, 9.17) is 0 Å². The molecule has 1 heterocycles. The molecule has 0 aliphatic carbocycles. The molecule has 1 aliphatic rings. The first-order chi connectivity index (χ1) is 7.58. The van der Waals surface area contributed by atoms with E-state index in [1.54, 1.807) is 0 Å². The van der Waals surface area contributed by atoms with Gasteiger partial charge in [0.05, 0.1) is 0 Å². The molecule has 90 valence electrons. The molecule has 0 aromatic rings. The van der Waals surface area contributed by atoms with Gasteiger partial charge in [-0.1, -0.05) is 33.1 Å². The first-order valence-electron chi connectivity index (χ1n) is 5.74. The highest BCUT2D eigenvalue weighted by atomic mass is 16.2. The maximum atomic E-state index is 11.5. The fraction of sp³-hybridized carbons (Fsp3) is 0.727. The van der Waals surface area contributed by atoms with Gasteiger partial charge in [0.1, 0.15) is 5.92 Å². The molecule has 1 rings (SSSR count). The first kappa shape index (κ1) is 12.7. The lowest BCUT2D eigenvalue weighted by Gasteiger charge is -2.24. The number of rotatable bonds is 5. The number of imide groups is 2. The van der Waals surface area contributed by atoms with E-state index in [1.165, 1.54) is 0 Å². The third kappa shape index (κ3) is 3.05. The van der Waals surface area contributed by atoms with E-state index in [9.17, 15) is 14.4 Å². The van der Waals surface area contributed by atoms with E-state index in [-0.39, 0.29) is 0 Å². The summed E-state index contributed by atoms with van der Waals surface area (Å²) in [6.07, 6.45) is 3.50. The van der Waals surface area contributed by atoms with Crippen molar-refractivity contribution in [2.75, 3.05) is 0 Å². The molecule has 0 bridgehead atoms. The summed E-state index contributed by atoms with van der Waals surface area (Å²) in [5.41, 5.74) is 0. The Hall–Kier alpha value is -1.39. The molecule has 0 spiro atoms. The van der Waals surface area contributed by atoms with Crippen LogP contribution in [0, 0.1) is 11.8 Å². The summed E-state index contributed by atoms with van der Waals surface area (Å²) in [5.74, 6) is -1.29. The van der Waals surface area contributed by atoms with Crippen molar-refractivity contribution in [3.63, 3.8) is 0 Å². The topological polar surface area (TPSA) is 75.3 Å². The maximum absolute atomic E-state index is 11.5. The van der Waals surface area contributed by atoms with Crippen molar-refractivity contribution >= 4 is 17.8 Å². The summed E-state index contributed by atoms with van der Waals surface area (Å²) >= 11 is 0. The van der Waals surface area contributed by atoms with Gasteiger partial charge in [-0.2, -0.15) is 0 Å². The van der Waals surface area contributed by atoms with Crippen molar-refractivity contribution in [1.82, 2.24) is 10.6 Å². The van der Waals surface area contributed by atoms with Crippen molar-refractivity contribution in [2.24, 2.45) is 11.8 Å². The highest BCUT2D eigenvalue weighted by molar-refractivity contribution is 6.16. The Balaban J connectivity index is 2.61. The van der Waals surface area contributed by atoms with E-state index in [0.717, 1.165) is 19.3 Å². The van der Waals surface area contributed by atoms with Crippen LogP contribution in [0.1, 0.15) is 39.5 Å². The van der Waals surface area contributed by atoms with E-state index in [2.05, 4.69) is 17.6 Å². The first-order valence-corrected chi connectivity index (χ1v) is 5.74. The van der Waals surface area contributed by atoms with Crippen LogP contribution in [0.4, 0.5) is 4.79 Å². The zero-order chi connectivity index (χ0) is 12.1. The van der Waals surface area contributed by atoms with Gasteiger partial charge in [-0.05, 0) is 12.3 Å². The summed E-state index contributed by atoms with van der Waals surface area (Å²) in [6, 6.07) is -0.713. The molecule has 1 atom stereocenters. The van der Waals surface area contributed by atoms with Crippen LogP contribution in [0.3, 0.4) is 0 Å². The summed E-state index contributed by atoms with van der Waals surface area (Å²) in [6.45, 7) is 4.12. The molecule has 1 saturated heterocycles. The molecule has 5 nitrogen and oxygen atoms in total. The second-order valence-electron chi connectivity index (χ2n) is 4.16. The second-order valence-corrected chi connectivity index (χ2v) is 4.16. The minimum absolute atomic E-state index is 0.361. The number of barbiturate groups is 1. The van der Waals surface area contributed by atoms with E-state index >= 15 is 0 Å². The molecule has 5 heteroatoms. The van der Waals surface area contributed by atoms with Crippen LogP contribution in [0.5, 0.6) is 0 Å². The molecule has 1 unspecified atom stereocenters. The van der Waals surface area contributed by atoms with Crippen molar-refractivity contribution in [3.8, 4) is 0 Å². The predicted molar refractivity (Wildman–Crippen MR) is 58.5 cm³/mol. The van der Waals surface area contributed by atoms with Gasteiger partial charge in [-0.15, -0.1) is 0 Å². The summed E-state index contributed by atoms with van der Waals surface area (Å²) in [7, 11) is 0. The molecule has 4 amide bonds. The average Bonchev–Trinajstić information content (AvgIpc) is 2.21. The Bertz CT molecular complexity index is 282. The summed E-state index contributed by atoms with van der Waals surface area (Å²) in [4.78, 5) is 33.8. The zero-order valence-electron chi connectivity index (χ0n) is 9.71. The van der Waals surface area contributed by atoms with Crippen LogP contribution in [0.25, 0.3) is 0 Å². The zero-order valence-corrected chi connectivity index (χ0v) is 9.71. The average molecular weight is 226 g/mol. The lowest BCUT2D eigenvalue weighted by Crippen LogP contribution is -2.56. The molecule has 0 radical (unpaired) electrons. The summed E-state index contributed by atoms with van der Waals surface area (Å²) < 4.78 is 0. The molecule has 1 aliphatic heterocycles. The van der Waals surface area contributed by atoms with Gasteiger partial charge in [-0.3, -0.25) is 20.2 Å². The molecule has 2 N–H and O–H groups in total. The Morgan fingerprint density at radius 1 is 1.12 bits per heavy atom. The minimum Gasteiger partial charge on any atom is -0.277 e. The Kier molecular flexibility index (Phi) is 4.46. The standard InChI is InChI=1S/C11H18N2O3/c1-3-5-7(4-2)6-8-9(14)12-11(16)13-10(8)15/h7-8H,3-6H2,1-2H3,(H2,12,13,14,15,16). The molecule has 0 aromatic carbocycles. The van der Waals surface area contributed by atoms with Gasteiger partial charge in [0.25, 0.3) is 0 Å². The molecule has 0 saturated carbocycles. The number of amides is 4. The number of hydrogen-bond donors (Lipinski definition) is 2. The van der Waals surface area contributed by atoms with E-state index in [0.29, 0.717) is 12.3 Å². The molecule has 1 fully saturated rings. The number of carbonyl (C=O) groups is 3. The lowest BCUT2D eigenvalue weighted by atomic mass is 9.87. The van der Waals surface area contributed by atoms with Crippen LogP contribution >= 0.6 is 0 Å². The van der Waals surface area contributed by atoms with Crippen molar-refractivity contribution in [1.29, 1.82) is 0 Å². The highest BCUT2D eigenvalue weighted by Gasteiger charge is 2.35. The number of urea groups is 1. The third-order valence-electron chi connectivity index (χ3n) is 2.95. The number of nitrogens with one attached hydrogen (secondary N) is 2. The second kappa shape index (κ2) is 5.63. The normalized spacial score (nSPS) is 19.2. The van der Waals surface area contributed by atoms with Crippen LogP contribution in [0.15, 0.2) is 0 Å². The number of hydrogen-bond acceptors (Lipinski definition) is 3. The largest absolute Gasteiger partial charge is 0.328 e. The Morgan fingerprint density at radius 3 is 2.12 bits per heavy atom. The smallest absolute Gasteiger partial charge is 0.277 e. The van der Waals surface area contributed by atoms with E-state index in [1.807, 2.05) is 6.92 Å². The molecular formula is C11H18N2O3. The lowest BCUT2D eigenvalue weighted by molar-refractivity contribution is -0.136. The Morgan fingerprint density at radius 2 is 1.69 bits per heavy atom. The van der Waals surface area contributed by atoms with Crippen LogP contribution in [-0.2, 0) is 9.59 Å². The van der Waals surface area contributed by atoms with Gasteiger partial charge in [0, 0.05) is 0 Å².